The lowest BCUT2D eigenvalue weighted by atomic mass is 10.4. The third-order valence-corrected chi connectivity index (χ3v) is 1.84. The fourth-order valence-electron chi connectivity index (χ4n) is 1.03. The van der Waals surface area contributed by atoms with Crippen LogP contribution in [0.2, 0.25) is 0 Å². The molecule has 1 rings (SSSR count). The number of aliphatic imine (C=N–C) groups is 3. The highest BCUT2D eigenvalue weighted by Gasteiger charge is 1.92. The van der Waals surface area contributed by atoms with Crippen LogP contribution >= 0.6 is 0 Å². The molecule has 0 bridgehead atoms. The van der Waals surface area contributed by atoms with Crippen LogP contribution in [0.5, 0.6) is 0 Å². The summed E-state index contributed by atoms with van der Waals surface area (Å²) < 4.78 is 0. The van der Waals surface area contributed by atoms with Gasteiger partial charge in [0.1, 0.15) is 0 Å². The molecule has 0 radical (unpaired) electrons. The number of allylic oxidation sites excluding steroid dienone is 3. The summed E-state index contributed by atoms with van der Waals surface area (Å²) in [5.74, 6) is 1.12. The molecule has 0 atom stereocenters. The molecule has 0 saturated carbocycles. The average Bonchev–Trinajstić information content (AvgIpc) is 2.39. The molecule has 0 spiro atoms. The molecular weight excluding hydrogens is 224 g/mol. The lowest BCUT2D eigenvalue weighted by Crippen LogP contribution is -1.81. The van der Waals surface area contributed by atoms with Gasteiger partial charge in [-0.25, -0.2) is 15.0 Å². The molecule has 0 aliphatic rings. The molecule has 0 aromatic carbocycles. The van der Waals surface area contributed by atoms with Crippen molar-refractivity contribution < 1.29 is 0 Å². The van der Waals surface area contributed by atoms with Crippen molar-refractivity contribution in [3.8, 4) is 0 Å². The number of nitrogens with zero attached hydrogens (tertiary/aromatic N) is 4. The van der Waals surface area contributed by atoms with E-state index in [0.717, 1.165) is 5.70 Å². The summed E-state index contributed by atoms with van der Waals surface area (Å²) in [6, 6.07) is 5.38. The number of hydrogen-bond donors (Lipinski definition) is 0. The third kappa shape index (κ3) is 5.12. The lowest BCUT2D eigenvalue weighted by Gasteiger charge is -1.95. The third-order valence-electron chi connectivity index (χ3n) is 1.84. The zero-order valence-corrected chi connectivity index (χ0v) is 9.74. The van der Waals surface area contributed by atoms with Gasteiger partial charge in [-0.3, -0.25) is 4.99 Å². The second kappa shape index (κ2) is 8.75. The largest absolute Gasteiger partial charge is 0.256 e. The molecule has 4 heteroatoms. The second-order valence-electron chi connectivity index (χ2n) is 3.00. The van der Waals surface area contributed by atoms with Gasteiger partial charge in [-0.1, -0.05) is 32.2 Å². The maximum Gasteiger partial charge on any atom is 0.154 e. The fraction of sp³-hybridized carbons (Fsp3) is 0.143. The molecule has 0 amide bonds. The van der Waals surface area contributed by atoms with Crippen LogP contribution < -0.4 is 0 Å². The van der Waals surface area contributed by atoms with Gasteiger partial charge < -0.3 is 0 Å². The van der Waals surface area contributed by atoms with Gasteiger partial charge in [-0.2, -0.15) is 0 Å². The van der Waals surface area contributed by atoms with Gasteiger partial charge in [-0.05, 0) is 25.8 Å². The van der Waals surface area contributed by atoms with Crippen molar-refractivity contribution in [1.82, 2.24) is 4.98 Å². The first kappa shape index (κ1) is 15.6. The van der Waals surface area contributed by atoms with E-state index in [4.69, 9.17) is 0 Å². The van der Waals surface area contributed by atoms with Crippen LogP contribution in [0.15, 0.2) is 57.6 Å². The molecule has 1 aromatic rings. The normalized spacial score (nSPS) is 11.5. The number of pyridine rings is 1. The molecule has 4 nitrogen and oxygen atoms in total. The Morgan fingerprint density at radius 1 is 1.33 bits per heavy atom. The van der Waals surface area contributed by atoms with Crippen LogP contribution in [-0.2, 0) is 0 Å². The van der Waals surface area contributed by atoms with Crippen molar-refractivity contribution in [3.05, 3.63) is 42.6 Å². The van der Waals surface area contributed by atoms with Crippen molar-refractivity contribution in [3.63, 3.8) is 0 Å². The zero-order chi connectivity index (χ0) is 12.5. The molecule has 18 heavy (non-hydrogen) atoms. The zero-order valence-electron chi connectivity index (χ0n) is 9.74. The Balaban J connectivity index is 0.00000289. The maximum atomic E-state index is 4.20. The van der Waals surface area contributed by atoms with Gasteiger partial charge in [0.2, 0.25) is 0 Å². The Morgan fingerprint density at radius 2 is 2.06 bits per heavy atom. The monoisotopic (exact) mass is 242 g/mol. The lowest BCUT2D eigenvalue weighted by molar-refractivity contribution is 1.25. The Bertz CT molecular complexity index is 484. The van der Waals surface area contributed by atoms with Crippen LogP contribution in [0.4, 0.5) is 11.6 Å². The van der Waals surface area contributed by atoms with E-state index in [1.165, 1.54) is 0 Å². The van der Waals surface area contributed by atoms with Gasteiger partial charge in [-0.15, -0.1) is 0 Å². The first-order valence-electron chi connectivity index (χ1n) is 5.09. The number of aromatic nitrogens is 1. The van der Waals surface area contributed by atoms with Gasteiger partial charge in [0, 0.05) is 6.21 Å². The van der Waals surface area contributed by atoms with Gasteiger partial charge in [0.25, 0.3) is 0 Å². The summed E-state index contributed by atoms with van der Waals surface area (Å²) in [5.41, 5.74) is 0.740. The molecule has 1 aromatic heterocycles. The Hall–Kier alpha value is -2.36. The Labute approximate surface area is 108 Å². The van der Waals surface area contributed by atoms with Crippen molar-refractivity contribution in [2.24, 2.45) is 15.0 Å². The van der Waals surface area contributed by atoms with Crippen LogP contribution in [0.1, 0.15) is 14.4 Å². The Morgan fingerprint density at radius 3 is 2.67 bits per heavy atom. The summed E-state index contributed by atoms with van der Waals surface area (Å²) in [6.45, 7) is 8.85. The van der Waals surface area contributed by atoms with E-state index in [2.05, 4.69) is 33.3 Å². The van der Waals surface area contributed by atoms with E-state index >= 15 is 0 Å². The topological polar surface area (TPSA) is 50.0 Å². The van der Waals surface area contributed by atoms with Gasteiger partial charge in [0.15, 0.2) is 11.6 Å². The molecular formula is C14H18N4. The van der Waals surface area contributed by atoms with Crippen LogP contribution in [0.3, 0.4) is 0 Å². The first-order valence-corrected chi connectivity index (χ1v) is 5.09. The van der Waals surface area contributed by atoms with E-state index in [0.29, 0.717) is 11.6 Å². The molecule has 0 unspecified atom stereocenters. The Kier molecular flexibility index (Phi) is 7.61. The van der Waals surface area contributed by atoms with Crippen LogP contribution in [0, 0.1) is 0 Å². The molecule has 94 valence electrons. The van der Waals surface area contributed by atoms with Crippen molar-refractivity contribution in [2.45, 2.75) is 14.4 Å². The van der Waals surface area contributed by atoms with E-state index in [1.807, 2.05) is 19.1 Å². The van der Waals surface area contributed by atoms with Gasteiger partial charge >= 0.3 is 0 Å². The highest BCUT2D eigenvalue weighted by molar-refractivity contribution is 5.84. The summed E-state index contributed by atoms with van der Waals surface area (Å²) in [4.78, 5) is 16.2. The molecule has 0 aliphatic carbocycles. The summed E-state index contributed by atoms with van der Waals surface area (Å²) in [5, 5.41) is 0. The predicted octanol–water partition coefficient (Wildman–Crippen LogP) is 3.91. The minimum atomic E-state index is 0. The van der Waals surface area contributed by atoms with Gasteiger partial charge in [0.05, 0.1) is 11.9 Å². The smallest absolute Gasteiger partial charge is 0.154 e. The highest BCUT2D eigenvalue weighted by atomic mass is 15.0. The fourth-order valence-corrected chi connectivity index (χ4v) is 1.03. The number of hydrogen-bond acceptors (Lipinski definition) is 4. The first-order chi connectivity index (χ1) is 8.30. The SMILES string of the molecule is C.C=CC=NC(=C\C)/C=N/c1cccc(N=C)n1. The minimum absolute atomic E-state index is 0. The second-order valence-corrected chi connectivity index (χ2v) is 3.00. The maximum absolute atomic E-state index is 4.20. The van der Waals surface area contributed by atoms with E-state index in [-0.39, 0.29) is 7.43 Å². The van der Waals surface area contributed by atoms with E-state index < -0.39 is 0 Å². The van der Waals surface area contributed by atoms with E-state index in [1.54, 1.807) is 30.6 Å². The van der Waals surface area contributed by atoms with Crippen LogP contribution in [0.25, 0.3) is 0 Å². The molecule has 0 aliphatic heterocycles. The average molecular weight is 242 g/mol. The van der Waals surface area contributed by atoms with Crippen molar-refractivity contribution >= 4 is 30.8 Å². The van der Waals surface area contributed by atoms with Crippen molar-refractivity contribution in [2.75, 3.05) is 0 Å². The van der Waals surface area contributed by atoms with E-state index in [9.17, 15) is 0 Å². The predicted molar refractivity (Wildman–Crippen MR) is 80.8 cm³/mol. The summed E-state index contributed by atoms with van der Waals surface area (Å²) >= 11 is 0. The molecule has 1 heterocycles. The summed E-state index contributed by atoms with van der Waals surface area (Å²) in [6.07, 6.45) is 6.70. The van der Waals surface area contributed by atoms with Crippen molar-refractivity contribution in [1.29, 1.82) is 0 Å². The molecule has 0 fully saturated rings. The standard InChI is InChI=1S/C13H14N4.CH4/c1-4-9-15-11(5-2)10-16-13-8-6-7-12(14-3)17-13;/h4-10H,1,3H2,2H3;1H4/b11-5-,15-9?,16-10+;. The summed E-state index contributed by atoms with van der Waals surface area (Å²) in [7, 11) is 0. The minimum Gasteiger partial charge on any atom is -0.256 e. The molecule has 0 saturated heterocycles. The van der Waals surface area contributed by atoms with Crippen LogP contribution in [-0.4, -0.2) is 24.1 Å². The number of rotatable bonds is 5. The molecule has 0 N–H and O–H groups in total. The highest BCUT2D eigenvalue weighted by Crippen LogP contribution is 2.13. The quantitative estimate of drug-likeness (QED) is 0.722.